The van der Waals surface area contributed by atoms with Crippen molar-refractivity contribution in [1.29, 1.82) is 0 Å². The molecule has 568 valence electrons. The third-order valence-electron chi connectivity index (χ3n) is 16.3. The van der Waals surface area contributed by atoms with Gasteiger partial charge in [0.2, 0.25) is 0 Å². The number of carbonyl (C=O) groups excluding carboxylic acids is 4. The van der Waals surface area contributed by atoms with E-state index in [0.29, 0.717) is 32.1 Å². The minimum Gasteiger partial charge on any atom is -0.462 e. The Labute approximate surface area is 595 Å². The molecule has 0 saturated carbocycles. The van der Waals surface area contributed by atoms with E-state index < -0.39 is 97.5 Å². The molecular formula is C79H140O17P2. The molecule has 17 nitrogen and oxygen atoms in total. The number of carbonyl (C=O) groups is 4. The minimum atomic E-state index is -4.99. The first-order chi connectivity index (χ1) is 47.7. The maximum atomic E-state index is 13.1. The molecule has 0 radical (unpaired) electrons. The van der Waals surface area contributed by atoms with Crippen molar-refractivity contribution in [2.45, 2.75) is 354 Å². The fourth-order valence-electron chi connectivity index (χ4n) is 10.3. The van der Waals surface area contributed by atoms with Gasteiger partial charge in [-0.05, 0) is 141 Å². The lowest BCUT2D eigenvalue weighted by molar-refractivity contribution is -0.161. The number of hydrogen-bond donors (Lipinski definition) is 3. The van der Waals surface area contributed by atoms with Crippen molar-refractivity contribution in [2.75, 3.05) is 39.6 Å². The molecule has 0 rings (SSSR count). The number of phosphoric acid groups is 2. The highest BCUT2D eigenvalue weighted by Crippen LogP contribution is 2.45. The van der Waals surface area contributed by atoms with Crippen LogP contribution < -0.4 is 0 Å². The maximum Gasteiger partial charge on any atom is 0.472 e. The number of aliphatic hydroxyl groups is 1. The van der Waals surface area contributed by atoms with Crippen molar-refractivity contribution in [1.82, 2.24) is 0 Å². The zero-order chi connectivity index (χ0) is 71.8. The Kier molecular flexibility index (Phi) is 68.9. The number of unbranched alkanes of at least 4 members (excludes halogenated alkanes) is 33. The Bertz CT molecular complexity index is 2190. The van der Waals surface area contributed by atoms with Gasteiger partial charge in [0.1, 0.15) is 19.3 Å². The molecule has 0 aliphatic heterocycles. The monoisotopic (exact) mass is 1420 g/mol. The van der Waals surface area contributed by atoms with E-state index in [1.54, 1.807) is 0 Å². The second-order valence-electron chi connectivity index (χ2n) is 25.9. The summed E-state index contributed by atoms with van der Waals surface area (Å²) >= 11 is 0. The van der Waals surface area contributed by atoms with E-state index in [4.69, 9.17) is 37.0 Å². The number of ether oxygens (including phenoxy) is 4. The quantitative estimate of drug-likeness (QED) is 0.0169. The highest BCUT2D eigenvalue weighted by molar-refractivity contribution is 7.47. The van der Waals surface area contributed by atoms with Crippen molar-refractivity contribution in [2.24, 2.45) is 0 Å². The van der Waals surface area contributed by atoms with Crippen LogP contribution in [0.25, 0.3) is 0 Å². The SMILES string of the molecule is CCCCC/C=C\C/C=C\C/C=C\C/C=C\CCCC(=O)O[C@H](COC(=O)CCCCCCC/C=C\CCCCCCCC)COP(=O)(O)OC[C@@H](O)COP(=O)(O)OC[C@@H](COC(=O)CCCCCCC/C=C\CCCCCC)OC(=O)CCCCCCC/C=C\CCCCCC. The summed E-state index contributed by atoms with van der Waals surface area (Å²) in [6.07, 6.45) is 72.9. The third kappa shape index (κ3) is 70.7. The molecule has 0 aromatic carbocycles. The number of phosphoric ester groups is 2. The standard InChI is InChI=1S/C79H140O17P2/c1-5-9-13-17-21-25-29-33-35-36-38-42-46-50-54-58-62-66-79(84)96-75(70-90-77(82)64-60-56-52-48-44-41-37-34-30-26-22-18-14-10-6-2)72-94-98(87,88)92-68-73(80)67-91-97(85,86)93-71-74(95-78(83)65-61-57-53-49-45-40-32-28-24-20-16-12-8-4)69-89-76(81)63-59-55-51-47-43-39-31-27-23-19-15-11-7-3/h21,25,27-28,31-35,37-38,42,50,54,73-75,80H,5-20,22-24,26,29-30,36,39-41,43-49,51-53,55-72H2,1-4H3,(H,85,86)(H,87,88)/b25-21-,31-27-,32-28-,35-33-,37-34-,42-38-,54-50-/t73-,74+,75+/m0/s1. The number of allylic oxidation sites excluding steroid dienone is 14. The van der Waals surface area contributed by atoms with E-state index in [2.05, 4.69) is 101 Å². The molecule has 0 heterocycles. The third-order valence-corrected chi connectivity index (χ3v) is 18.2. The lowest BCUT2D eigenvalue weighted by atomic mass is 10.1. The second-order valence-corrected chi connectivity index (χ2v) is 28.8. The van der Waals surface area contributed by atoms with Gasteiger partial charge in [-0.1, -0.05) is 254 Å². The van der Waals surface area contributed by atoms with Gasteiger partial charge in [-0.3, -0.25) is 37.3 Å². The summed E-state index contributed by atoms with van der Waals surface area (Å²) in [4.78, 5) is 72.8. The number of aliphatic hydroxyl groups excluding tert-OH is 1. The van der Waals surface area contributed by atoms with Crippen molar-refractivity contribution in [3.63, 3.8) is 0 Å². The van der Waals surface area contributed by atoms with Crippen molar-refractivity contribution in [3.8, 4) is 0 Å². The van der Waals surface area contributed by atoms with E-state index in [-0.39, 0.29) is 25.7 Å². The molecule has 0 bridgehead atoms. The van der Waals surface area contributed by atoms with Gasteiger partial charge in [0.25, 0.3) is 0 Å². The molecule has 98 heavy (non-hydrogen) atoms. The molecule has 0 saturated heterocycles. The predicted octanol–water partition coefficient (Wildman–Crippen LogP) is 22.2. The van der Waals surface area contributed by atoms with E-state index in [1.807, 2.05) is 12.2 Å². The topological polar surface area (TPSA) is 237 Å². The van der Waals surface area contributed by atoms with Crippen LogP contribution in [0, 0.1) is 0 Å². The number of esters is 4. The van der Waals surface area contributed by atoms with Gasteiger partial charge >= 0.3 is 39.5 Å². The maximum absolute atomic E-state index is 13.1. The average Bonchev–Trinajstić information content (AvgIpc) is 1.02. The van der Waals surface area contributed by atoms with E-state index >= 15 is 0 Å². The molecule has 19 heteroatoms. The molecular weight excluding hydrogens is 1280 g/mol. The van der Waals surface area contributed by atoms with Crippen LogP contribution in [-0.4, -0.2) is 96.7 Å². The molecule has 5 atom stereocenters. The van der Waals surface area contributed by atoms with Crippen molar-refractivity contribution < 1.29 is 80.2 Å². The van der Waals surface area contributed by atoms with Crippen molar-refractivity contribution >= 4 is 39.5 Å². The molecule has 0 fully saturated rings. The highest BCUT2D eigenvalue weighted by atomic mass is 31.2. The molecule has 0 aromatic heterocycles. The fourth-order valence-corrected chi connectivity index (χ4v) is 11.9. The number of hydrogen-bond acceptors (Lipinski definition) is 15. The van der Waals surface area contributed by atoms with Gasteiger partial charge in [0.15, 0.2) is 12.2 Å². The summed E-state index contributed by atoms with van der Waals surface area (Å²) in [6.45, 7) is 4.75. The van der Waals surface area contributed by atoms with Gasteiger partial charge in [0, 0.05) is 25.7 Å². The van der Waals surface area contributed by atoms with Crippen LogP contribution in [0.4, 0.5) is 0 Å². The van der Waals surface area contributed by atoms with Crippen LogP contribution in [0.2, 0.25) is 0 Å². The first-order valence-electron chi connectivity index (χ1n) is 38.8. The van der Waals surface area contributed by atoms with Gasteiger partial charge in [-0.15, -0.1) is 0 Å². The number of rotatable bonds is 73. The molecule has 0 amide bonds. The summed E-state index contributed by atoms with van der Waals surface area (Å²) in [5, 5.41) is 10.6. The molecule has 0 spiro atoms. The van der Waals surface area contributed by atoms with Crippen molar-refractivity contribution in [3.05, 3.63) is 85.1 Å². The first kappa shape index (κ1) is 94.2. The van der Waals surface area contributed by atoms with E-state index in [0.717, 1.165) is 141 Å². The smallest absolute Gasteiger partial charge is 0.462 e. The summed E-state index contributed by atoms with van der Waals surface area (Å²) in [6, 6.07) is 0. The minimum absolute atomic E-state index is 0.0187. The van der Waals surface area contributed by atoms with Crippen LogP contribution in [0.1, 0.15) is 336 Å². The summed E-state index contributed by atoms with van der Waals surface area (Å²) in [7, 11) is -9.97. The van der Waals surface area contributed by atoms with Crippen LogP contribution in [0.15, 0.2) is 85.1 Å². The molecule has 0 aliphatic carbocycles. The average molecular weight is 1420 g/mol. The van der Waals surface area contributed by atoms with Crippen LogP contribution in [-0.2, 0) is 65.4 Å². The zero-order valence-corrected chi connectivity index (χ0v) is 63.7. The van der Waals surface area contributed by atoms with Gasteiger partial charge < -0.3 is 33.8 Å². The molecule has 0 aliphatic rings. The lowest BCUT2D eigenvalue weighted by Gasteiger charge is -2.21. The molecule has 0 aromatic rings. The Hall–Kier alpha value is -3.76. The van der Waals surface area contributed by atoms with Gasteiger partial charge in [-0.25, -0.2) is 9.13 Å². The first-order valence-corrected chi connectivity index (χ1v) is 41.8. The van der Waals surface area contributed by atoms with E-state index in [9.17, 15) is 43.2 Å². The largest absolute Gasteiger partial charge is 0.472 e. The Morgan fingerprint density at radius 2 is 0.510 bits per heavy atom. The van der Waals surface area contributed by atoms with Gasteiger partial charge in [0.05, 0.1) is 26.4 Å². The highest BCUT2D eigenvalue weighted by Gasteiger charge is 2.30. The summed E-state index contributed by atoms with van der Waals surface area (Å²) in [5.74, 6) is -2.25. The van der Waals surface area contributed by atoms with Crippen LogP contribution in [0.3, 0.4) is 0 Å². The predicted molar refractivity (Wildman–Crippen MR) is 399 cm³/mol. The summed E-state index contributed by atoms with van der Waals surface area (Å²) < 4.78 is 68.4. The zero-order valence-electron chi connectivity index (χ0n) is 62.0. The Morgan fingerprint density at radius 1 is 0.286 bits per heavy atom. The Balaban J connectivity index is 5.40. The lowest BCUT2D eigenvalue weighted by Crippen LogP contribution is -2.30. The molecule has 2 unspecified atom stereocenters. The Morgan fingerprint density at radius 3 is 0.847 bits per heavy atom. The van der Waals surface area contributed by atoms with Crippen LogP contribution in [0.5, 0.6) is 0 Å². The normalized spacial score (nSPS) is 14.4. The second kappa shape index (κ2) is 71.6. The van der Waals surface area contributed by atoms with Crippen LogP contribution >= 0.6 is 15.6 Å². The van der Waals surface area contributed by atoms with Gasteiger partial charge in [-0.2, -0.15) is 0 Å². The van der Waals surface area contributed by atoms with E-state index in [1.165, 1.54) is 109 Å². The fraction of sp³-hybridized carbons (Fsp3) is 0.772. The molecule has 3 N–H and O–H groups in total. The summed E-state index contributed by atoms with van der Waals surface area (Å²) in [5.41, 5.74) is 0.